The summed E-state index contributed by atoms with van der Waals surface area (Å²) in [5, 5.41) is 13.0. The van der Waals surface area contributed by atoms with Gasteiger partial charge in [0.05, 0.1) is 0 Å². The molecular formula is C16H23NO2. The smallest absolute Gasteiger partial charge is 0.329 e. The average molecular weight is 261 g/mol. The number of carboxylic acid groups (broad SMARTS) is 1. The Kier molecular flexibility index (Phi) is 3.57. The van der Waals surface area contributed by atoms with Crippen LogP contribution in [0.25, 0.3) is 0 Å². The van der Waals surface area contributed by atoms with Crippen LogP contribution in [0.4, 0.5) is 5.69 Å². The SMILES string of the molecule is Cc1ccc(NC2(C(=O)O)CCCC(C)(C)C2)cc1. The number of carboxylic acids is 1. The summed E-state index contributed by atoms with van der Waals surface area (Å²) in [6.45, 7) is 6.34. The molecule has 1 aliphatic rings. The van der Waals surface area contributed by atoms with Crippen molar-refractivity contribution in [2.24, 2.45) is 5.41 Å². The second kappa shape index (κ2) is 4.87. The largest absolute Gasteiger partial charge is 0.480 e. The Labute approximate surface area is 115 Å². The number of rotatable bonds is 3. The summed E-state index contributed by atoms with van der Waals surface area (Å²) in [4.78, 5) is 11.8. The molecule has 19 heavy (non-hydrogen) atoms. The van der Waals surface area contributed by atoms with E-state index in [1.54, 1.807) is 0 Å². The minimum absolute atomic E-state index is 0.0777. The first-order chi connectivity index (χ1) is 8.83. The highest BCUT2D eigenvalue weighted by Crippen LogP contribution is 2.42. The van der Waals surface area contributed by atoms with Crippen LogP contribution in [0.15, 0.2) is 24.3 Å². The molecule has 2 N–H and O–H groups in total. The lowest BCUT2D eigenvalue weighted by Gasteiger charge is -2.43. The van der Waals surface area contributed by atoms with E-state index in [1.165, 1.54) is 5.56 Å². The predicted octanol–water partition coefficient (Wildman–Crippen LogP) is 3.83. The Hall–Kier alpha value is -1.51. The molecule has 1 aromatic rings. The van der Waals surface area contributed by atoms with Crippen molar-refractivity contribution in [3.05, 3.63) is 29.8 Å². The standard InChI is InChI=1S/C16H23NO2/c1-12-5-7-13(8-6-12)17-16(14(18)19)10-4-9-15(2,3)11-16/h5-8,17H,4,9-11H2,1-3H3,(H,18,19). The van der Waals surface area contributed by atoms with Gasteiger partial charge < -0.3 is 10.4 Å². The van der Waals surface area contributed by atoms with Crippen LogP contribution in [-0.4, -0.2) is 16.6 Å². The summed E-state index contributed by atoms with van der Waals surface area (Å²) < 4.78 is 0. The molecule has 0 radical (unpaired) electrons. The third kappa shape index (κ3) is 3.09. The second-order valence-electron chi connectivity index (χ2n) is 6.57. The van der Waals surface area contributed by atoms with E-state index in [0.717, 1.165) is 18.5 Å². The maximum absolute atomic E-state index is 11.8. The first-order valence-corrected chi connectivity index (χ1v) is 6.91. The van der Waals surface area contributed by atoms with Crippen molar-refractivity contribution in [1.29, 1.82) is 0 Å². The van der Waals surface area contributed by atoms with Crippen LogP contribution in [-0.2, 0) is 4.79 Å². The van der Waals surface area contributed by atoms with Crippen LogP contribution in [0.3, 0.4) is 0 Å². The van der Waals surface area contributed by atoms with Gasteiger partial charge in [0.15, 0.2) is 0 Å². The van der Waals surface area contributed by atoms with Crippen LogP contribution >= 0.6 is 0 Å². The lowest BCUT2D eigenvalue weighted by atomic mass is 9.68. The predicted molar refractivity (Wildman–Crippen MR) is 77.4 cm³/mol. The van der Waals surface area contributed by atoms with Crippen LogP contribution in [0, 0.1) is 12.3 Å². The van der Waals surface area contributed by atoms with E-state index in [2.05, 4.69) is 19.2 Å². The highest BCUT2D eigenvalue weighted by Gasteiger charge is 2.45. The number of hydrogen-bond acceptors (Lipinski definition) is 2. The van der Waals surface area contributed by atoms with Gasteiger partial charge in [0.2, 0.25) is 0 Å². The molecular weight excluding hydrogens is 238 g/mol. The fraction of sp³-hybridized carbons (Fsp3) is 0.562. The summed E-state index contributed by atoms with van der Waals surface area (Å²) in [6, 6.07) is 7.93. The van der Waals surface area contributed by atoms with Crippen LogP contribution in [0.5, 0.6) is 0 Å². The molecule has 0 bridgehead atoms. The van der Waals surface area contributed by atoms with Crippen molar-refractivity contribution in [2.45, 2.75) is 52.0 Å². The number of aliphatic carboxylic acids is 1. The van der Waals surface area contributed by atoms with Crippen LogP contribution < -0.4 is 5.32 Å². The number of nitrogens with one attached hydrogen (secondary N) is 1. The molecule has 104 valence electrons. The first kappa shape index (κ1) is 13.9. The molecule has 0 saturated heterocycles. The lowest BCUT2D eigenvalue weighted by molar-refractivity contribution is -0.145. The summed E-state index contributed by atoms with van der Waals surface area (Å²) in [7, 11) is 0. The Balaban J connectivity index is 2.25. The molecule has 1 unspecified atom stereocenters. The Bertz CT molecular complexity index is 464. The van der Waals surface area contributed by atoms with Gasteiger partial charge in [-0.1, -0.05) is 31.5 Å². The zero-order chi connectivity index (χ0) is 14.1. The van der Waals surface area contributed by atoms with Crippen LogP contribution in [0.1, 0.15) is 45.1 Å². The van der Waals surface area contributed by atoms with Crippen molar-refractivity contribution in [1.82, 2.24) is 0 Å². The van der Waals surface area contributed by atoms with Crippen molar-refractivity contribution in [2.75, 3.05) is 5.32 Å². The number of carbonyl (C=O) groups is 1. The Morgan fingerprint density at radius 3 is 2.37 bits per heavy atom. The van der Waals surface area contributed by atoms with Crippen molar-refractivity contribution >= 4 is 11.7 Å². The number of hydrogen-bond donors (Lipinski definition) is 2. The summed E-state index contributed by atoms with van der Waals surface area (Å²) in [5.74, 6) is -0.735. The monoisotopic (exact) mass is 261 g/mol. The normalized spacial score (nSPS) is 25.8. The van der Waals surface area contributed by atoms with E-state index in [9.17, 15) is 9.90 Å². The maximum atomic E-state index is 11.8. The van der Waals surface area contributed by atoms with E-state index in [0.29, 0.717) is 12.8 Å². The molecule has 0 aliphatic heterocycles. The fourth-order valence-electron chi connectivity index (χ4n) is 3.12. The number of benzene rings is 1. The van der Waals surface area contributed by atoms with Gasteiger partial charge in [-0.25, -0.2) is 4.79 Å². The van der Waals surface area contributed by atoms with Gasteiger partial charge in [-0.15, -0.1) is 0 Å². The minimum atomic E-state index is -0.822. The first-order valence-electron chi connectivity index (χ1n) is 6.91. The average Bonchev–Trinajstić information content (AvgIpc) is 2.31. The maximum Gasteiger partial charge on any atom is 0.329 e. The van der Waals surface area contributed by atoms with E-state index in [-0.39, 0.29) is 5.41 Å². The molecule has 0 amide bonds. The number of anilines is 1. The van der Waals surface area contributed by atoms with Crippen molar-refractivity contribution in [3.8, 4) is 0 Å². The van der Waals surface area contributed by atoms with Gasteiger partial charge in [-0.05, 0) is 50.2 Å². The highest BCUT2D eigenvalue weighted by molar-refractivity contribution is 5.83. The molecule has 1 fully saturated rings. The van der Waals surface area contributed by atoms with E-state index in [4.69, 9.17) is 0 Å². The van der Waals surface area contributed by atoms with Gasteiger partial charge in [0.25, 0.3) is 0 Å². The molecule has 0 heterocycles. The highest BCUT2D eigenvalue weighted by atomic mass is 16.4. The van der Waals surface area contributed by atoms with Crippen molar-refractivity contribution < 1.29 is 9.90 Å². The fourth-order valence-corrected chi connectivity index (χ4v) is 3.12. The third-order valence-electron chi connectivity index (χ3n) is 4.08. The molecule has 1 aromatic carbocycles. The molecule has 0 spiro atoms. The molecule has 2 rings (SSSR count). The lowest BCUT2D eigenvalue weighted by Crippen LogP contribution is -2.51. The molecule has 0 aromatic heterocycles. The van der Waals surface area contributed by atoms with Gasteiger partial charge in [-0.2, -0.15) is 0 Å². The summed E-state index contributed by atoms with van der Waals surface area (Å²) in [6.07, 6.45) is 3.42. The topological polar surface area (TPSA) is 49.3 Å². The zero-order valence-electron chi connectivity index (χ0n) is 12.0. The van der Waals surface area contributed by atoms with Gasteiger partial charge >= 0.3 is 5.97 Å². The summed E-state index contributed by atoms with van der Waals surface area (Å²) >= 11 is 0. The third-order valence-corrected chi connectivity index (χ3v) is 4.08. The second-order valence-corrected chi connectivity index (χ2v) is 6.57. The molecule has 1 saturated carbocycles. The Morgan fingerprint density at radius 2 is 1.84 bits per heavy atom. The van der Waals surface area contributed by atoms with E-state index < -0.39 is 11.5 Å². The van der Waals surface area contributed by atoms with Gasteiger partial charge in [-0.3, -0.25) is 0 Å². The van der Waals surface area contributed by atoms with Crippen LogP contribution in [0.2, 0.25) is 0 Å². The number of aryl methyl sites for hydroxylation is 1. The molecule has 3 heteroatoms. The molecule has 1 aliphatic carbocycles. The zero-order valence-corrected chi connectivity index (χ0v) is 12.0. The molecule has 1 atom stereocenters. The summed E-state index contributed by atoms with van der Waals surface area (Å²) in [5.41, 5.74) is 1.33. The van der Waals surface area contributed by atoms with Crippen molar-refractivity contribution in [3.63, 3.8) is 0 Å². The van der Waals surface area contributed by atoms with E-state index >= 15 is 0 Å². The van der Waals surface area contributed by atoms with Gasteiger partial charge in [0, 0.05) is 5.69 Å². The minimum Gasteiger partial charge on any atom is -0.480 e. The quantitative estimate of drug-likeness (QED) is 0.869. The van der Waals surface area contributed by atoms with E-state index in [1.807, 2.05) is 31.2 Å². The Morgan fingerprint density at radius 1 is 1.21 bits per heavy atom. The van der Waals surface area contributed by atoms with Gasteiger partial charge in [0.1, 0.15) is 5.54 Å². The molecule has 3 nitrogen and oxygen atoms in total.